The van der Waals surface area contributed by atoms with E-state index in [1.165, 1.54) is 5.56 Å². The van der Waals surface area contributed by atoms with Gasteiger partial charge >= 0.3 is 0 Å². The van der Waals surface area contributed by atoms with Gasteiger partial charge in [-0.05, 0) is 43.1 Å². The minimum absolute atomic E-state index is 0.361. The number of thioether (sulfide) groups is 1. The highest BCUT2D eigenvalue weighted by Crippen LogP contribution is 2.38. The first-order chi connectivity index (χ1) is 8.24. The number of nitriles is 2. The van der Waals surface area contributed by atoms with Crippen LogP contribution < -0.4 is 5.73 Å². The molecule has 0 bridgehead atoms. The summed E-state index contributed by atoms with van der Waals surface area (Å²) in [5, 5.41) is 18.4. The van der Waals surface area contributed by atoms with Gasteiger partial charge in [0.2, 0.25) is 0 Å². The molecule has 0 heterocycles. The third-order valence-electron chi connectivity index (χ3n) is 3.24. The maximum atomic E-state index is 9.21. The number of hydrogen-bond acceptors (Lipinski definition) is 4. The molecule has 1 aromatic rings. The molecule has 17 heavy (non-hydrogen) atoms. The van der Waals surface area contributed by atoms with Gasteiger partial charge in [0.25, 0.3) is 0 Å². The van der Waals surface area contributed by atoms with Crippen LogP contribution in [0, 0.1) is 22.7 Å². The van der Waals surface area contributed by atoms with Gasteiger partial charge in [0.15, 0.2) is 0 Å². The molecule has 1 aliphatic carbocycles. The predicted molar refractivity (Wildman–Crippen MR) is 68.7 cm³/mol. The average Bonchev–Trinajstić information content (AvgIpc) is 2.37. The third kappa shape index (κ3) is 1.75. The minimum Gasteiger partial charge on any atom is -0.397 e. The number of rotatable bonds is 1. The van der Waals surface area contributed by atoms with Crippen molar-refractivity contribution in [2.75, 3.05) is 12.0 Å². The Morgan fingerprint density at radius 2 is 1.65 bits per heavy atom. The number of fused-ring (bicyclic) bond motifs is 1. The lowest BCUT2D eigenvalue weighted by Gasteiger charge is -2.22. The standard InChI is InChI=1S/C13H13N3S/c1-17-13-9-5-3-2-4-8(9)10(6-14)12(16)11(13)7-15/h2-5,16H2,1H3. The summed E-state index contributed by atoms with van der Waals surface area (Å²) in [4.78, 5) is 0.971. The van der Waals surface area contributed by atoms with Crippen LogP contribution in [-0.4, -0.2) is 6.26 Å². The molecule has 1 aliphatic rings. The highest BCUT2D eigenvalue weighted by atomic mass is 32.2. The molecule has 0 aromatic heterocycles. The Bertz CT molecular complexity index is 514. The van der Waals surface area contributed by atoms with Crippen molar-refractivity contribution in [1.82, 2.24) is 0 Å². The molecule has 0 spiro atoms. The first-order valence-corrected chi connectivity index (χ1v) is 6.78. The van der Waals surface area contributed by atoms with Gasteiger partial charge in [0.05, 0.1) is 16.8 Å². The Kier molecular flexibility index (Phi) is 3.26. The summed E-state index contributed by atoms with van der Waals surface area (Å²) in [7, 11) is 0. The van der Waals surface area contributed by atoms with Crippen LogP contribution in [0.15, 0.2) is 4.90 Å². The molecule has 0 amide bonds. The maximum absolute atomic E-state index is 9.21. The normalized spacial score (nSPS) is 13.6. The van der Waals surface area contributed by atoms with E-state index in [2.05, 4.69) is 12.1 Å². The Balaban J connectivity index is 2.83. The smallest absolute Gasteiger partial charge is 0.103 e. The first-order valence-electron chi connectivity index (χ1n) is 5.56. The highest BCUT2D eigenvalue weighted by Gasteiger charge is 2.23. The number of hydrogen-bond donors (Lipinski definition) is 1. The fourth-order valence-corrected chi connectivity index (χ4v) is 3.29. The second-order valence-corrected chi connectivity index (χ2v) is 4.90. The van der Waals surface area contributed by atoms with E-state index in [9.17, 15) is 10.5 Å². The number of nitrogen functional groups attached to an aromatic ring is 1. The van der Waals surface area contributed by atoms with E-state index in [1.54, 1.807) is 11.8 Å². The molecule has 3 nitrogen and oxygen atoms in total. The zero-order valence-electron chi connectivity index (χ0n) is 9.71. The lowest BCUT2D eigenvalue weighted by atomic mass is 9.86. The van der Waals surface area contributed by atoms with Crippen molar-refractivity contribution in [1.29, 1.82) is 10.5 Å². The Hall–Kier alpha value is -1.65. The summed E-state index contributed by atoms with van der Waals surface area (Å²) in [6, 6.07) is 4.31. The molecule has 0 atom stereocenters. The zero-order valence-corrected chi connectivity index (χ0v) is 10.5. The van der Waals surface area contributed by atoms with E-state index in [1.807, 2.05) is 6.26 Å². The summed E-state index contributed by atoms with van der Waals surface area (Å²) >= 11 is 1.56. The molecule has 0 fully saturated rings. The lowest BCUT2D eigenvalue weighted by Crippen LogP contribution is -2.11. The van der Waals surface area contributed by atoms with Crippen LogP contribution in [0.1, 0.15) is 35.1 Å². The average molecular weight is 243 g/mol. The third-order valence-corrected chi connectivity index (χ3v) is 4.10. The Morgan fingerprint density at radius 3 is 2.18 bits per heavy atom. The second kappa shape index (κ2) is 4.69. The van der Waals surface area contributed by atoms with E-state index in [0.29, 0.717) is 16.8 Å². The summed E-state index contributed by atoms with van der Waals surface area (Å²) in [5.41, 5.74) is 9.55. The number of nitrogens with two attached hydrogens (primary N) is 1. The van der Waals surface area contributed by atoms with Gasteiger partial charge < -0.3 is 5.73 Å². The quantitative estimate of drug-likeness (QED) is 0.607. The highest BCUT2D eigenvalue weighted by molar-refractivity contribution is 7.98. The Labute approximate surface area is 105 Å². The maximum Gasteiger partial charge on any atom is 0.103 e. The number of benzene rings is 1. The van der Waals surface area contributed by atoms with Crippen molar-refractivity contribution in [3.8, 4) is 12.1 Å². The molecule has 0 saturated heterocycles. The van der Waals surface area contributed by atoms with Crippen LogP contribution in [0.5, 0.6) is 0 Å². The van der Waals surface area contributed by atoms with Crippen molar-refractivity contribution in [3.05, 3.63) is 22.3 Å². The van der Waals surface area contributed by atoms with Gasteiger partial charge in [-0.3, -0.25) is 0 Å². The molecule has 4 heteroatoms. The fourth-order valence-electron chi connectivity index (χ4n) is 2.46. The van der Waals surface area contributed by atoms with E-state index in [4.69, 9.17) is 5.73 Å². The van der Waals surface area contributed by atoms with Crippen LogP contribution in [0.2, 0.25) is 0 Å². The molecule has 0 saturated carbocycles. The van der Waals surface area contributed by atoms with Gasteiger partial charge in [-0.25, -0.2) is 0 Å². The van der Waals surface area contributed by atoms with E-state index in [0.717, 1.165) is 36.1 Å². The molecule has 0 unspecified atom stereocenters. The molecule has 0 aliphatic heterocycles. The number of nitrogens with zero attached hydrogens (tertiary/aromatic N) is 2. The monoisotopic (exact) mass is 243 g/mol. The number of anilines is 1. The molecule has 2 N–H and O–H groups in total. The largest absolute Gasteiger partial charge is 0.397 e. The molecule has 0 radical (unpaired) electrons. The lowest BCUT2D eigenvalue weighted by molar-refractivity contribution is 0.674. The van der Waals surface area contributed by atoms with Crippen molar-refractivity contribution < 1.29 is 0 Å². The van der Waals surface area contributed by atoms with Crippen LogP contribution >= 0.6 is 11.8 Å². The SMILES string of the molecule is CSc1c(C#N)c(N)c(C#N)c2c1CCCC2. The molecule has 86 valence electrons. The van der Waals surface area contributed by atoms with Gasteiger partial charge in [0, 0.05) is 4.90 Å². The summed E-state index contributed by atoms with van der Waals surface area (Å²) in [6.07, 6.45) is 6.04. The summed E-state index contributed by atoms with van der Waals surface area (Å²) in [6.45, 7) is 0. The first kappa shape index (κ1) is 11.8. The van der Waals surface area contributed by atoms with Crippen LogP contribution in [0.3, 0.4) is 0 Å². The van der Waals surface area contributed by atoms with E-state index in [-0.39, 0.29) is 0 Å². The van der Waals surface area contributed by atoms with Gasteiger partial charge in [0.1, 0.15) is 12.1 Å². The van der Waals surface area contributed by atoms with Crippen LogP contribution in [-0.2, 0) is 12.8 Å². The minimum atomic E-state index is 0.361. The van der Waals surface area contributed by atoms with Crippen LogP contribution in [0.25, 0.3) is 0 Å². The fraction of sp³-hybridized carbons (Fsp3) is 0.385. The van der Waals surface area contributed by atoms with Gasteiger partial charge in [-0.1, -0.05) is 0 Å². The Morgan fingerprint density at radius 1 is 1.06 bits per heavy atom. The van der Waals surface area contributed by atoms with Crippen molar-refractivity contribution in [2.45, 2.75) is 30.6 Å². The van der Waals surface area contributed by atoms with Crippen molar-refractivity contribution >= 4 is 17.4 Å². The van der Waals surface area contributed by atoms with Gasteiger partial charge in [-0.2, -0.15) is 10.5 Å². The second-order valence-electron chi connectivity index (χ2n) is 4.08. The van der Waals surface area contributed by atoms with Gasteiger partial charge in [-0.15, -0.1) is 11.8 Å². The predicted octanol–water partition coefficient (Wildman–Crippen LogP) is 2.61. The summed E-state index contributed by atoms with van der Waals surface area (Å²) in [5.74, 6) is 0. The van der Waals surface area contributed by atoms with E-state index >= 15 is 0 Å². The molecular formula is C13H13N3S. The molecule has 1 aromatic carbocycles. The summed E-state index contributed by atoms with van der Waals surface area (Å²) < 4.78 is 0. The van der Waals surface area contributed by atoms with Crippen molar-refractivity contribution in [2.24, 2.45) is 0 Å². The molecular weight excluding hydrogens is 230 g/mol. The van der Waals surface area contributed by atoms with Crippen LogP contribution in [0.4, 0.5) is 5.69 Å². The zero-order chi connectivity index (χ0) is 12.4. The molecule has 2 rings (SSSR count). The topological polar surface area (TPSA) is 73.6 Å². The van der Waals surface area contributed by atoms with E-state index < -0.39 is 0 Å². The van der Waals surface area contributed by atoms with Crippen molar-refractivity contribution in [3.63, 3.8) is 0 Å².